The second-order valence-electron chi connectivity index (χ2n) is 8.73. The maximum atomic E-state index is 12.0. The summed E-state index contributed by atoms with van der Waals surface area (Å²) in [6, 6.07) is 29.0. The molecule has 188 valence electrons. The first-order valence-electron chi connectivity index (χ1n) is 11.7. The molecule has 0 radical (unpaired) electrons. The van der Waals surface area contributed by atoms with Gasteiger partial charge in [-0.2, -0.15) is 0 Å². The summed E-state index contributed by atoms with van der Waals surface area (Å²) in [5.74, 6) is -1.98. The van der Waals surface area contributed by atoms with Crippen molar-refractivity contribution in [1.82, 2.24) is 0 Å². The van der Waals surface area contributed by atoms with Crippen LogP contribution in [0.2, 0.25) is 10.0 Å². The Morgan fingerprint density at radius 3 is 1.24 bits per heavy atom. The quantitative estimate of drug-likeness (QED) is 0.290. The Morgan fingerprint density at radius 1 is 0.500 bits per heavy atom. The molecular formula is C30H20Cl2N2O4. The lowest BCUT2D eigenvalue weighted by molar-refractivity contribution is -0.115. The Balaban J connectivity index is 0.000000155. The summed E-state index contributed by atoms with van der Waals surface area (Å²) in [4.78, 5) is 50.8. The van der Waals surface area contributed by atoms with Crippen LogP contribution in [0.4, 0.5) is 11.4 Å². The van der Waals surface area contributed by atoms with E-state index in [1.54, 1.807) is 36.4 Å². The Kier molecular flexibility index (Phi) is 7.09. The van der Waals surface area contributed by atoms with E-state index >= 15 is 0 Å². The predicted molar refractivity (Wildman–Crippen MR) is 147 cm³/mol. The standard InChI is InChI=1S/2C15H10ClNO2/c2*16-11-6-7-13-12(8-11)14(18)15(19)17(13)9-10-4-2-1-3-5-10/h2*1-8H,9H2. The van der Waals surface area contributed by atoms with E-state index in [9.17, 15) is 19.2 Å². The minimum absolute atomic E-state index is 0.383. The van der Waals surface area contributed by atoms with Gasteiger partial charge in [0.15, 0.2) is 0 Å². The van der Waals surface area contributed by atoms with Gasteiger partial charge in [0.05, 0.1) is 35.6 Å². The fraction of sp³-hybridized carbons (Fsp3) is 0.0667. The van der Waals surface area contributed by atoms with E-state index in [1.165, 1.54) is 9.80 Å². The molecule has 2 amide bonds. The fourth-order valence-corrected chi connectivity index (χ4v) is 4.74. The van der Waals surface area contributed by atoms with Gasteiger partial charge in [0.25, 0.3) is 23.4 Å². The van der Waals surface area contributed by atoms with Crippen LogP contribution in [0.15, 0.2) is 97.1 Å². The Labute approximate surface area is 229 Å². The first kappa shape index (κ1) is 25.4. The van der Waals surface area contributed by atoms with Crippen molar-refractivity contribution < 1.29 is 19.2 Å². The number of hydrogen-bond donors (Lipinski definition) is 0. The first-order chi connectivity index (χ1) is 18.3. The van der Waals surface area contributed by atoms with Gasteiger partial charge in [-0.3, -0.25) is 19.2 Å². The van der Waals surface area contributed by atoms with Gasteiger partial charge in [-0.25, -0.2) is 0 Å². The van der Waals surface area contributed by atoms with E-state index in [0.717, 1.165) is 11.1 Å². The van der Waals surface area contributed by atoms with Crippen LogP contribution in [-0.2, 0) is 22.7 Å². The third-order valence-electron chi connectivity index (χ3n) is 6.23. The van der Waals surface area contributed by atoms with Gasteiger partial charge in [0.2, 0.25) is 0 Å². The Morgan fingerprint density at radius 2 is 0.868 bits per heavy atom. The summed E-state index contributed by atoms with van der Waals surface area (Å²) in [5.41, 5.74) is 3.98. The van der Waals surface area contributed by atoms with E-state index in [0.29, 0.717) is 45.6 Å². The van der Waals surface area contributed by atoms with Crippen molar-refractivity contribution in [2.75, 3.05) is 9.80 Å². The van der Waals surface area contributed by atoms with Gasteiger partial charge >= 0.3 is 0 Å². The van der Waals surface area contributed by atoms with Gasteiger partial charge in [0, 0.05) is 10.0 Å². The van der Waals surface area contributed by atoms with Gasteiger partial charge in [-0.05, 0) is 47.5 Å². The van der Waals surface area contributed by atoms with Crippen molar-refractivity contribution in [3.05, 3.63) is 129 Å². The SMILES string of the molecule is O=C1C(=O)N(Cc2ccccc2)c2ccc(Cl)cc21.O=C1C(=O)N(Cc2ccccc2)c2ccc(Cl)cc21. The van der Waals surface area contributed by atoms with E-state index in [2.05, 4.69) is 0 Å². The minimum Gasteiger partial charge on any atom is -0.300 e. The molecule has 8 heteroatoms. The molecule has 4 aromatic carbocycles. The number of fused-ring (bicyclic) bond motifs is 2. The molecule has 0 fully saturated rings. The molecule has 0 aromatic heterocycles. The van der Waals surface area contributed by atoms with Crippen LogP contribution in [0.1, 0.15) is 31.8 Å². The lowest BCUT2D eigenvalue weighted by Crippen LogP contribution is -2.29. The highest BCUT2D eigenvalue weighted by Gasteiger charge is 2.36. The number of ketones is 2. The number of benzene rings is 4. The number of carbonyl (C=O) groups is 4. The third kappa shape index (κ3) is 4.96. The third-order valence-corrected chi connectivity index (χ3v) is 6.70. The highest BCUT2D eigenvalue weighted by atomic mass is 35.5. The molecule has 0 bridgehead atoms. The molecule has 0 spiro atoms. The first-order valence-corrected chi connectivity index (χ1v) is 12.5. The molecule has 0 saturated heterocycles. The topological polar surface area (TPSA) is 74.8 Å². The van der Waals surface area contributed by atoms with Crippen molar-refractivity contribution in [1.29, 1.82) is 0 Å². The largest absolute Gasteiger partial charge is 0.300 e. The summed E-state index contributed by atoms with van der Waals surface area (Å²) >= 11 is 11.7. The van der Waals surface area contributed by atoms with Crippen molar-refractivity contribution in [3.8, 4) is 0 Å². The average molecular weight is 543 g/mol. The molecular weight excluding hydrogens is 523 g/mol. The van der Waals surface area contributed by atoms with Gasteiger partial charge in [-0.1, -0.05) is 83.9 Å². The van der Waals surface area contributed by atoms with Crippen LogP contribution in [0, 0.1) is 0 Å². The zero-order valence-corrected chi connectivity index (χ0v) is 21.4. The molecule has 0 atom stereocenters. The maximum absolute atomic E-state index is 12.0. The number of halogens is 2. The van der Waals surface area contributed by atoms with Crippen LogP contribution in [0.25, 0.3) is 0 Å². The van der Waals surface area contributed by atoms with Crippen molar-refractivity contribution >= 4 is 58.0 Å². The summed E-state index contributed by atoms with van der Waals surface area (Å²) in [6.07, 6.45) is 0. The Bertz CT molecular complexity index is 1450. The Hall–Kier alpha value is -4.26. The number of hydrogen-bond acceptors (Lipinski definition) is 4. The molecule has 6 nitrogen and oxygen atoms in total. The van der Waals surface area contributed by atoms with Crippen LogP contribution in [0.3, 0.4) is 0 Å². The summed E-state index contributed by atoms with van der Waals surface area (Å²) < 4.78 is 0. The van der Waals surface area contributed by atoms with Crippen LogP contribution in [-0.4, -0.2) is 23.4 Å². The lowest BCUT2D eigenvalue weighted by atomic mass is 10.1. The average Bonchev–Trinajstić information content (AvgIpc) is 3.30. The summed E-state index contributed by atoms with van der Waals surface area (Å²) in [6.45, 7) is 0.778. The molecule has 6 rings (SSSR count). The highest BCUT2D eigenvalue weighted by Crippen LogP contribution is 2.33. The molecule has 2 aliphatic rings. The zero-order valence-electron chi connectivity index (χ0n) is 19.9. The molecule has 38 heavy (non-hydrogen) atoms. The highest BCUT2D eigenvalue weighted by molar-refractivity contribution is 6.53. The molecule has 0 aliphatic carbocycles. The smallest absolute Gasteiger partial charge is 0.299 e. The maximum Gasteiger partial charge on any atom is 0.299 e. The fourth-order valence-electron chi connectivity index (χ4n) is 4.39. The number of nitrogens with zero attached hydrogens (tertiary/aromatic N) is 2. The number of Topliss-reactive ketones (excluding diaryl/α,β-unsaturated/α-hetero) is 2. The normalized spacial score (nSPS) is 13.8. The van der Waals surface area contributed by atoms with E-state index in [-0.39, 0.29) is 0 Å². The number of carbonyl (C=O) groups excluding carboxylic acids is 4. The summed E-state index contributed by atoms with van der Waals surface area (Å²) in [7, 11) is 0. The predicted octanol–water partition coefficient (Wildman–Crippen LogP) is 6.14. The van der Waals surface area contributed by atoms with Crippen molar-refractivity contribution in [3.63, 3.8) is 0 Å². The van der Waals surface area contributed by atoms with Gasteiger partial charge < -0.3 is 9.80 Å². The van der Waals surface area contributed by atoms with Gasteiger partial charge in [-0.15, -0.1) is 0 Å². The molecule has 0 N–H and O–H groups in total. The van der Waals surface area contributed by atoms with E-state index in [4.69, 9.17) is 23.2 Å². The van der Waals surface area contributed by atoms with Crippen LogP contribution >= 0.6 is 23.2 Å². The molecule has 0 unspecified atom stereocenters. The zero-order chi connectivity index (χ0) is 26.8. The lowest BCUT2D eigenvalue weighted by Gasteiger charge is -2.16. The second kappa shape index (κ2) is 10.6. The van der Waals surface area contributed by atoms with Crippen molar-refractivity contribution in [2.45, 2.75) is 13.1 Å². The number of anilines is 2. The molecule has 2 heterocycles. The van der Waals surface area contributed by atoms with Crippen molar-refractivity contribution in [2.24, 2.45) is 0 Å². The van der Waals surface area contributed by atoms with Crippen LogP contribution < -0.4 is 9.80 Å². The van der Waals surface area contributed by atoms with Gasteiger partial charge in [0.1, 0.15) is 0 Å². The minimum atomic E-state index is -0.499. The molecule has 4 aromatic rings. The monoisotopic (exact) mass is 542 g/mol. The number of rotatable bonds is 4. The molecule has 2 aliphatic heterocycles. The van der Waals surface area contributed by atoms with Crippen LogP contribution in [0.5, 0.6) is 0 Å². The number of amides is 2. The second-order valence-corrected chi connectivity index (χ2v) is 9.61. The van der Waals surface area contributed by atoms with E-state index < -0.39 is 23.4 Å². The molecule has 0 saturated carbocycles. The van der Waals surface area contributed by atoms with E-state index in [1.807, 2.05) is 60.7 Å². The summed E-state index contributed by atoms with van der Waals surface area (Å²) in [5, 5.41) is 0.919.